The fourth-order valence-corrected chi connectivity index (χ4v) is 2.85. The van der Waals surface area contributed by atoms with Crippen molar-refractivity contribution < 1.29 is 4.74 Å². The van der Waals surface area contributed by atoms with Gasteiger partial charge in [-0.1, -0.05) is 23.7 Å². The molecule has 3 aromatic rings. The van der Waals surface area contributed by atoms with Crippen LogP contribution in [0.25, 0.3) is 10.2 Å². The Morgan fingerprint density at radius 3 is 2.79 bits per heavy atom. The molecule has 2 N–H and O–H groups in total. The molecule has 3 rings (SSSR count). The number of nitrogens with two attached hydrogens (primary N) is 1. The molecule has 0 aliphatic rings. The molecule has 0 saturated heterocycles. The van der Waals surface area contributed by atoms with Crippen LogP contribution in [0.4, 0.5) is 5.69 Å². The Morgan fingerprint density at radius 2 is 2.00 bits per heavy atom. The lowest BCUT2D eigenvalue weighted by Gasteiger charge is -2.09. The van der Waals surface area contributed by atoms with E-state index in [0.29, 0.717) is 22.2 Å². The molecular weight excluding hydrogens is 280 g/mol. The topological polar surface area (TPSA) is 48.1 Å². The third-order valence-electron chi connectivity index (χ3n) is 2.68. The van der Waals surface area contributed by atoms with E-state index < -0.39 is 0 Å². The number of nitrogens with zero attached hydrogens (tertiary/aromatic N) is 1. The zero-order valence-corrected chi connectivity index (χ0v) is 11.8. The van der Waals surface area contributed by atoms with E-state index in [1.54, 1.807) is 23.5 Å². The zero-order chi connectivity index (χ0) is 13.4. The van der Waals surface area contributed by atoms with Gasteiger partial charge in [0.1, 0.15) is 5.75 Å². The van der Waals surface area contributed by atoms with Gasteiger partial charge in [-0.2, -0.15) is 0 Å². The molecule has 2 aromatic carbocycles. The van der Waals surface area contributed by atoms with Gasteiger partial charge in [-0.25, -0.2) is 4.98 Å². The van der Waals surface area contributed by atoms with Gasteiger partial charge in [-0.15, -0.1) is 11.3 Å². The molecule has 1 heterocycles. The molecule has 0 atom stereocenters. The number of ether oxygens (including phenoxy) is 1. The van der Waals surface area contributed by atoms with Crippen LogP contribution in [0.15, 0.2) is 36.4 Å². The Balaban J connectivity index is 2.05. The first-order valence-electron chi connectivity index (χ1n) is 5.72. The average Bonchev–Trinajstić information content (AvgIpc) is 2.71. The molecule has 0 unspecified atom stereocenters. The second kappa shape index (κ2) is 4.72. The van der Waals surface area contributed by atoms with Crippen molar-refractivity contribution in [3.05, 3.63) is 46.4 Å². The first-order valence-corrected chi connectivity index (χ1v) is 6.92. The number of aromatic nitrogens is 1. The first kappa shape index (κ1) is 12.3. The number of nitrogen functional groups attached to an aromatic ring is 1. The molecule has 0 aliphatic carbocycles. The van der Waals surface area contributed by atoms with E-state index in [4.69, 9.17) is 22.1 Å². The Hall–Kier alpha value is -1.78. The summed E-state index contributed by atoms with van der Waals surface area (Å²) in [5.41, 5.74) is 7.47. The van der Waals surface area contributed by atoms with Gasteiger partial charge in [-0.05, 0) is 25.1 Å². The summed E-state index contributed by atoms with van der Waals surface area (Å²) in [5, 5.41) is 1.56. The molecular formula is C14H11ClN2OS. The van der Waals surface area contributed by atoms with Gasteiger partial charge in [0.25, 0.3) is 0 Å². The van der Waals surface area contributed by atoms with Gasteiger partial charge >= 0.3 is 0 Å². The molecule has 0 amide bonds. The van der Waals surface area contributed by atoms with Crippen molar-refractivity contribution >= 4 is 38.8 Å². The molecule has 0 radical (unpaired) electrons. The highest BCUT2D eigenvalue weighted by molar-refractivity contribution is 7.18. The van der Waals surface area contributed by atoms with E-state index in [-0.39, 0.29) is 0 Å². The minimum Gasteiger partial charge on any atom is -0.454 e. The number of aryl methyl sites for hydroxylation is 1. The number of para-hydroxylation sites is 1. The number of hydrogen-bond acceptors (Lipinski definition) is 4. The number of benzene rings is 2. The Bertz CT molecular complexity index is 754. The van der Waals surface area contributed by atoms with Crippen LogP contribution in [-0.4, -0.2) is 4.98 Å². The van der Waals surface area contributed by atoms with Crippen molar-refractivity contribution in [2.75, 3.05) is 5.73 Å². The van der Waals surface area contributed by atoms with E-state index >= 15 is 0 Å². The summed E-state index contributed by atoms with van der Waals surface area (Å²) in [7, 11) is 0. The van der Waals surface area contributed by atoms with Crippen LogP contribution in [0, 0.1) is 6.92 Å². The van der Waals surface area contributed by atoms with Crippen LogP contribution in [0.2, 0.25) is 5.02 Å². The number of thiazole rings is 1. The van der Waals surface area contributed by atoms with Gasteiger partial charge in [-0.3, -0.25) is 0 Å². The normalized spacial score (nSPS) is 10.8. The lowest BCUT2D eigenvalue weighted by molar-refractivity contribution is 0.486. The summed E-state index contributed by atoms with van der Waals surface area (Å²) in [6.07, 6.45) is 0. The Labute approximate surface area is 119 Å². The fourth-order valence-electron chi connectivity index (χ4n) is 1.82. The summed E-state index contributed by atoms with van der Waals surface area (Å²) in [4.78, 5) is 4.43. The monoisotopic (exact) mass is 290 g/mol. The molecule has 1 aromatic heterocycles. The smallest absolute Gasteiger partial charge is 0.152 e. The molecule has 5 heteroatoms. The van der Waals surface area contributed by atoms with Gasteiger partial charge in [0.15, 0.2) is 5.75 Å². The maximum atomic E-state index is 6.07. The lowest BCUT2D eigenvalue weighted by atomic mass is 10.2. The van der Waals surface area contributed by atoms with Gasteiger partial charge < -0.3 is 10.5 Å². The Kier molecular flexibility index (Phi) is 3.05. The first-order chi connectivity index (χ1) is 9.13. The second-order valence-corrected chi connectivity index (χ2v) is 5.77. The number of halogens is 1. The maximum Gasteiger partial charge on any atom is 0.152 e. The molecule has 96 valence electrons. The predicted molar refractivity (Wildman–Crippen MR) is 80.3 cm³/mol. The quantitative estimate of drug-likeness (QED) is 0.700. The van der Waals surface area contributed by atoms with E-state index in [2.05, 4.69) is 4.98 Å². The summed E-state index contributed by atoms with van der Waals surface area (Å²) in [6, 6.07) is 11.0. The van der Waals surface area contributed by atoms with Crippen LogP contribution in [0.1, 0.15) is 5.01 Å². The maximum absolute atomic E-state index is 6.07. The van der Waals surface area contributed by atoms with Crippen molar-refractivity contribution in [2.45, 2.75) is 6.92 Å². The van der Waals surface area contributed by atoms with Crippen LogP contribution >= 0.6 is 22.9 Å². The number of fused-ring (bicyclic) bond motifs is 1. The van der Waals surface area contributed by atoms with Crippen LogP contribution < -0.4 is 10.5 Å². The summed E-state index contributed by atoms with van der Waals surface area (Å²) >= 11 is 7.68. The second-order valence-electron chi connectivity index (χ2n) is 4.12. The van der Waals surface area contributed by atoms with Gasteiger partial charge in [0, 0.05) is 6.07 Å². The zero-order valence-electron chi connectivity index (χ0n) is 10.2. The van der Waals surface area contributed by atoms with E-state index in [1.165, 1.54) is 0 Å². The highest BCUT2D eigenvalue weighted by Crippen LogP contribution is 2.36. The SMILES string of the molecule is Cc1nc2cc(Oc3ccccc3Cl)c(N)cc2s1. The molecule has 19 heavy (non-hydrogen) atoms. The minimum atomic E-state index is 0.552. The van der Waals surface area contributed by atoms with Crippen molar-refractivity contribution in [1.29, 1.82) is 0 Å². The van der Waals surface area contributed by atoms with E-state index in [9.17, 15) is 0 Å². The molecule has 0 fully saturated rings. The van der Waals surface area contributed by atoms with E-state index in [1.807, 2.05) is 31.2 Å². The van der Waals surface area contributed by atoms with Gasteiger partial charge in [0.05, 0.1) is 25.9 Å². The third kappa shape index (κ3) is 2.37. The number of anilines is 1. The van der Waals surface area contributed by atoms with E-state index in [0.717, 1.165) is 15.2 Å². The number of rotatable bonds is 2. The van der Waals surface area contributed by atoms with Crippen LogP contribution in [0.5, 0.6) is 11.5 Å². The van der Waals surface area contributed by atoms with Crippen molar-refractivity contribution in [1.82, 2.24) is 4.98 Å². The molecule has 0 spiro atoms. The predicted octanol–water partition coefficient (Wildman–Crippen LogP) is 4.63. The van der Waals surface area contributed by atoms with Gasteiger partial charge in [0.2, 0.25) is 0 Å². The van der Waals surface area contributed by atoms with Crippen LogP contribution in [-0.2, 0) is 0 Å². The van der Waals surface area contributed by atoms with Crippen molar-refractivity contribution in [3.63, 3.8) is 0 Å². The summed E-state index contributed by atoms with van der Waals surface area (Å²) in [6.45, 7) is 1.97. The minimum absolute atomic E-state index is 0.552. The molecule has 3 nitrogen and oxygen atoms in total. The van der Waals surface area contributed by atoms with Crippen molar-refractivity contribution in [2.24, 2.45) is 0 Å². The summed E-state index contributed by atoms with van der Waals surface area (Å²) < 4.78 is 6.82. The highest BCUT2D eigenvalue weighted by Gasteiger charge is 2.09. The molecule has 0 bridgehead atoms. The standard InChI is InChI=1S/C14H11ClN2OS/c1-8-17-11-7-13(10(16)6-14(11)19-8)18-12-5-3-2-4-9(12)15/h2-7H,16H2,1H3. The molecule has 0 aliphatic heterocycles. The van der Waals surface area contributed by atoms with Crippen molar-refractivity contribution in [3.8, 4) is 11.5 Å². The third-order valence-corrected chi connectivity index (χ3v) is 3.93. The fraction of sp³-hybridized carbons (Fsp3) is 0.0714. The number of hydrogen-bond donors (Lipinski definition) is 1. The highest BCUT2D eigenvalue weighted by atomic mass is 35.5. The largest absolute Gasteiger partial charge is 0.454 e. The van der Waals surface area contributed by atoms with Crippen LogP contribution in [0.3, 0.4) is 0 Å². The molecule has 0 saturated carbocycles. The Morgan fingerprint density at radius 1 is 1.21 bits per heavy atom. The average molecular weight is 291 g/mol. The summed E-state index contributed by atoms with van der Waals surface area (Å²) in [5.74, 6) is 1.16. The lowest BCUT2D eigenvalue weighted by Crippen LogP contribution is -1.92.